The smallest absolute Gasteiger partial charge is 0.340 e. The number of carbonyl (C=O) groups excluding carboxylic acids is 2. The van der Waals surface area contributed by atoms with Crippen molar-refractivity contribution in [1.29, 1.82) is 0 Å². The molecule has 0 aliphatic rings. The lowest BCUT2D eigenvalue weighted by molar-refractivity contribution is 0.0474. The van der Waals surface area contributed by atoms with Gasteiger partial charge in [0.1, 0.15) is 5.75 Å². The minimum Gasteiger partial charge on any atom is -0.496 e. The second-order valence-electron chi connectivity index (χ2n) is 7.00. The predicted octanol–water partition coefficient (Wildman–Crippen LogP) is 4.77. The minimum absolute atomic E-state index is 0.0105. The van der Waals surface area contributed by atoms with Crippen molar-refractivity contribution in [1.82, 2.24) is 0 Å². The van der Waals surface area contributed by atoms with Crippen LogP contribution in [0.2, 0.25) is 5.02 Å². The van der Waals surface area contributed by atoms with Crippen molar-refractivity contribution in [2.24, 2.45) is 0 Å². The Bertz CT molecular complexity index is 1310. The maximum atomic E-state index is 13.3. The third-order valence-electron chi connectivity index (χ3n) is 4.83. The summed E-state index contributed by atoms with van der Waals surface area (Å²) in [6.45, 7) is 3.07. The summed E-state index contributed by atoms with van der Waals surface area (Å²) in [5.74, 6) is -1.06. The summed E-state index contributed by atoms with van der Waals surface area (Å²) in [5, 5.41) is -0.0105. The van der Waals surface area contributed by atoms with Gasteiger partial charge in [0.15, 0.2) is 6.61 Å². The van der Waals surface area contributed by atoms with Crippen molar-refractivity contribution in [2.45, 2.75) is 4.90 Å². The van der Waals surface area contributed by atoms with Crippen molar-refractivity contribution >= 4 is 39.1 Å². The van der Waals surface area contributed by atoms with Crippen molar-refractivity contribution in [2.75, 3.05) is 24.6 Å². The van der Waals surface area contributed by atoms with Crippen molar-refractivity contribution in [3.63, 3.8) is 0 Å². The molecule has 176 valence electrons. The van der Waals surface area contributed by atoms with Gasteiger partial charge in [-0.3, -0.25) is 9.10 Å². The van der Waals surface area contributed by atoms with Gasteiger partial charge in [0.05, 0.1) is 40.4 Å². The zero-order chi connectivity index (χ0) is 24.7. The summed E-state index contributed by atoms with van der Waals surface area (Å²) >= 11 is 6.15. The topological polar surface area (TPSA) is 90.0 Å². The van der Waals surface area contributed by atoms with Crippen LogP contribution in [0.15, 0.2) is 90.3 Å². The Labute approximate surface area is 203 Å². The fourth-order valence-corrected chi connectivity index (χ4v) is 4.82. The van der Waals surface area contributed by atoms with Crippen molar-refractivity contribution < 1.29 is 27.5 Å². The third-order valence-corrected chi connectivity index (χ3v) is 6.95. The molecule has 0 atom stereocenters. The second kappa shape index (κ2) is 11.0. The molecule has 7 nitrogen and oxygen atoms in total. The van der Waals surface area contributed by atoms with Crippen molar-refractivity contribution in [3.8, 4) is 5.75 Å². The van der Waals surface area contributed by atoms with Crippen LogP contribution in [-0.2, 0) is 14.8 Å². The van der Waals surface area contributed by atoms with E-state index in [1.807, 2.05) is 0 Å². The van der Waals surface area contributed by atoms with Gasteiger partial charge in [-0.25, -0.2) is 13.2 Å². The number of sulfonamides is 1. The number of ketones is 1. The second-order valence-corrected chi connectivity index (χ2v) is 9.27. The highest BCUT2D eigenvalue weighted by Gasteiger charge is 2.26. The van der Waals surface area contributed by atoms with Crippen LogP contribution in [-0.4, -0.2) is 40.4 Å². The van der Waals surface area contributed by atoms with Gasteiger partial charge >= 0.3 is 5.97 Å². The number of ether oxygens (including phenoxy) is 2. The van der Waals surface area contributed by atoms with Crippen LogP contribution in [0.25, 0.3) is 0 Å². The Morgan fingerprint density at radius 3 is 2.35 bits per heavy atom. The number of anilines is 1. The maximum Gasteiger partial charge on any atom is 0.340 e. The summed E-state index contributed by atoms with van der Waals surface area (Å²) < 4.78 is 38.1. The van der Waals surface area contributed by atoms with E-state index in [-0.39, 0.29) is 27.6 Å². The molecule has 0 bridgehead atoms. The van der Waals surface area contributed by atoms with E-state index in [0.29, 0.717) is 11.4 Å². The average molecular weight is 500 g/mol. The average Bonchev–Trinajstić information content (AvgIpc) is 2.86. The lowest BCUT2D eigenvalue weighted by atomic mass is 10.1. The number of methoxy groups -OCH3 is 1. The fourth-order valence-electron chi connectivity index (χ4n) is 3.16. The van der Waals surface area contributed by atoms with E-state index in [9.17, 15) is 18.0 Å². The summed E-state index contributed by atoms with van der Waals surface area (Å²) in [4.78, 5) is 25.0. The number of para-hydroxylation sites is 2. The Balaban J connectivity index is 1.85. The number of nitrogens with zero attached hydrogens (tertiary/aromatic N) is 1. The highest BCUT2D eigenvalue weighted by atomic mass is 35.5. The molecular weight excluding hydrogens is 478 g/mol. The molecule has 3 aromatic carbocycles. The SMILES string of the molecule is C=CCN(c1ccccc1)S(=O)(=O)c1ccc(Cl)c(C(=O)OCC(=O)c2ccccc2OC)c1. The van der Waals surface area contributed by atoms with E-state index in [0.717, 1.165) is 10.4 Å². The molecule has 34 heavy (non-hydrogen) atoms. The van der Waals surface area contributed by atoms with Gasteiger partial charge in [-0.05, 0) is 42.5 Å². The predicted molar refractivity (Wildman–Crippen MR) is 130 cm³/mol. The van der Waals surface area contributed by atoms with E-state index in [4.69, 9.17) is 21.1 Å². The summed E-state index contributed by atoms with van der Waals surface area (Å²) in [6, 6.07) is 18.7. The van der Waals surface area contributed by atoms with Crippen LogP contribution < -0.4 is 9.04 Å². The molecule has 0 aliphatic heterocycles. The molecule has 0 heterocycles. The largest absolute Gasteiger partial charge is 0.496 e. The Morgan fingerprint density at radius 1 is 1.00 bits per heavy atom. The standard InChI is InChI=1S/C25H22ClNO6S/c1-3-15-27(18-9-5-4-6-10-18)34(30,31)19-13-14-22(26)21(16-19)25(29)33-17-23(28)20-11-7-8-12-24(20)32-2/h3-14,16H,1,15,17H2,2H3. The van der Waals surface area contributed by atoms with Crippen LogP contribution in [0.5, 0.6) is 5.75 Å². The molecule has 0 amide bonds. The number of rotatable bonds is 10. The van der Waals surface area contributed by atoms with E-state index in [2.05, 4.69) is 6.58 Å². The van der Waals surface area contributed by atoms with Crippen LogP contribution in [0.4, 0.5) is 5.69 Å². The quantitative estimate of drug-likeness (QED) is 0.227. The highest BCUT2D eigenvalue weighted by Crippen LogP contribution is 2.27. The molecule has 0 unspecified atom stereocenters. The first-order valence-corrected chi connectivity index (χ1v) is 11.9. The Morgan fingerprint density at radius 2 is 1.68 bits per heavy atom. The molecule has 0 saturated carbocycles. The number of hydrogen-bond donors (Lipinski definition) is 0. The molecule has 3 aromatic rings. The first-order valence-electron chi connectivity index (χ1n) is 10.1. The maximum absolute atomic E-state index is 13.3. The van der Waals surface area contributed by atoms with Crippen LogP contribution in [0, 0.1) is 0 Å². The van der Waals surface area contributed by atoms with E-state index in [1.54, 1.807) is 54.6 Å². The van der Waals surface area contributed by atoms with Crippen LogP contribution in [0.3, 0.4) is 0 Å². The summed E-state index contributed by atoms with van der Waals surface area (Å²) in [6.07, 6.45) is 1.46. The fraction of sp³-hybridized carbons (Fsp3) is 0.120. The van der Waals surface area contributed by atoms with Gasteiger partial charge in [0.2, 0.25) is 5.78 Å². The number of esters is 1. The Hall–Kier alpha value is -3.62. The number of benzene rings is 3. The van der Waals surface area contributed by atoms with Crippen LogP contribution in [0.1, 0.15) is 20.7 Å². The third kappa shape index (κ3) is 5.47. The molecule has 0 aromatic heterocycles. The molecule has 9 heteroatoms. The number of carbonyl (C=O) groups is 2. The summed E-state index contributed by atoms with van der Waals surface area (Å²) in [7, 11) is -2.63. The molecule has 0 spiro atoms. The van der Waals surface area contributed by atoms with Gasteiger partial charge in [-0.15, -0.1) is 6.58 Å². The molecule has 0 N–H and O–H groups in total. The lowest BCUT2D eigenvalue weighted by Crippen LogP contribution is -2.31. The number of halogens is 1. The first kappa shape index (κ1) is 25.0. The van der Waals surface area contributed by atoms with Gasteiger partial charge in [0, 0.05) is 0 Å². The molecular formula is C25H22ClNO6S. The number of Topliss-reactive ketones (excluding diaryl/α,β-unsaturated/α-hetero) is 1. The van der Waals surface area contributed by atoms with Crippen molar-refractivity contribution in [3.05, 3.63) is 102 Å². The van der Waals surface area contributed by atoms with E-state index < -0.39 is 28.4 Å². The summed E-state index contributed by atoms with van der Waals surface area (Å²) in [5.41, 5.74) is 0.509. The zero-order valence-electron chi connectivity index (χ0n) is 18.3. The molecule has 0 fully saturated rings. The van der Waals surface area contributed by atoms with Gasteiger partial charge in [0.25, 0.3) is 10.0 Å². The van der Waals surface area contributed by atoms with Crippen LogP contribution >= 0.6 is 11.6 Å². The van der Waals surface area contributed by atoms with Gasteiger partial charge < -0.3 is 9.47 Å². The molecule has 0 saturated heterocycles. The number of hydrogen-bond acceptors (Lipinski definition) is 6. The zero-order valence-corrected chi connectivity index (χ0v) is 19.9. The molecule has 3 rings (SSSR count). The monoisotopic (exact) mass is 499 g/mol. The lowest BCUT2D eigenvalue weighted by Gasteiger charge is -2.23. The van der Waals surface area contributed by atoms with Gasteiger partial charge in [-0.1, -0.05) is 48.0 Å². The van der Waals surface area contributed by atoms with Gasteiger partial charge in [-0.2, -0.15) is 0 Å². The highest BCUT2D eigenvalue weighted by molar-refractivity contribution is 7.92. The Kier molecular flexibility index (Phi) is 8.09. The molecule has 0 radical (unpaired) electrons. The first-order chi connectivity index (χ1) is 16.3. The normalized spacial score (nSPS) is 10.9. The molecule has 0 aliphatic carbocycles. The van der Waals surface area contributed by atoms with E-state index in [1.165, 1.54) is 25.3 Å². The minimum atomic E-state index is -4.06. The van der Waals surface area contributed by atoms with E-state index >= 15 is 0 Å².